The fraction of sp³-hybridized carbons (Fsp3) is 0.375. The third-order valence-electron chi connectivity index (χ3n) is 1.42. The van der Waals surface area contributed by atoms with E-state index in [1.165, 1.54) is 5.57 Å². The van der Waals surface area contributed by atoms with Gasteiger partial charge in [-0.1, -0.05) is 18.6 Å². The molecule has 1 aliphatic rings. The van der Waals surface area contributed by atoms with Crippen LogP contribution in [0.1, 0.15) is 19.8 Å². The summed E-state index contributed by atoms with van der Waals surface area (Å²) in [7, 11) is 0. The Bertz CT molecular complexity index is 163. The van der Waals surface area contributed by atoms with Crippen molar-refractivity contribution in [3.8, 4) is 0 Å². The van der Waals surface area contributed by atoms with Gasteiger partial charge >= 0.3 is 0 Å². The van der Waals surface area contributed by atoms with Gasteiger partial charge in [-0.25, -0.2) is 0 Å². The van der Waals surface area contributed by atoms with E-state index in [4.69, 9.17) is 0 Å². The Morgan fingerprint density at radius 1 is 1.67 bits per heavy atom. The molecule has 0 aromatic heterocycles. The van der Waals surface area contributed by atoms with Crippen molar-refractivity contribution in [2.45, 2.75) is 19.8 Å². The third-order valence-corrected chi connectivity index (χ3v) is 1.42. The molecule has 1 heterocycles. The summed E-state index contributed by atoms with van der Waals surface area (Å²) < 4.78 is 0. The summed E-state index contributed by atoms with van der Waals surface area (Å²) in [6.45, 7) is 2.17. The molecule has 0 saturated carbocycles. The van der Waals surface area contributed by atoms with Gasteiger partial charge in [0.1, 0.15) is 0 Å². The quantitative estimate of drug-likeness (QED) is 0.504. The first-order valence-corrected chi connectivity index (χ1v) is 3.29. The SMILES string of the molecule is CCC1=CC=CN=CC1. The van der Waals surface area contributed by atoms with Crippen molar-refractivity contribution in [2.75, 3.05) is 0 Å². The normalized spacial score (nSPS) is 17.2. The Morgan fingerprint density at radius 3 is 3.33 bits per heavy atom. The van der Waals surface area contributed by atoms with Gasteiger partial charge in [-0.3, -0.25) is 4.99 Å². The van der Waals surface area contributed by atoms with Crippen LogP contribution < -0.4 is 0 Å². The molecule has 0 unspecified atom stereocenters. The summed E-state index contributed by atoms with van der Waals surface area (Å²) in [5.41, 5.74) is 1.45. The first-order valence-electron chi connectivity index (χ1n) is 3.29. The smallest absolute Gasteiger partial charge is 0.0263 e. The van der Waals surface area contributed by atoms with Crippen LogP contribution in [0.2, 0.25) is 0 Å². The number of allylic oxidation sites excluding steroid dienone is 3. The monoisotopic (exact) mass is 121 g/mol. The number of nitrogens with zero attached hydrogens (tertiary/aromatic N) is 1. The molecule has 0 atom stereocenters. The highest BCUT2D eigenvalue weighted by Gasteiger charge is 1.90. The minimum absolute atomic E-state index is 1.02. The van der Waals surface area contributed by atoms with E-state index < -0.39 is 0 Å². The predicted octanol–water partition coefficient (Wildman–Crippen LogP) is 2.31. The van der Waals surface area contributed by atoms with Crippen molar-refractivity contribution in [1.82, 2.24) is 0 Å². The Balaban J connectivity index is 2.62. The second-order valence-electron chi connectivity index (χ2n) is 2.06. The maximum absolute atomic E-state index is 4.01. The highest BCUT2D eigenvalue weighted by molar-refractivity contribution is 5.62. The lowest BCUT2D eigenvalue weighted by Gasteiger charge is -1.93. The molecular formula is C8H11N. The van der Waals surface area contributed by atoms with Gasteiger partial charge in [-0.2, -0.15) is 0 Å². The minimum Gasteiger partial charge on any atom is -0.269 e. The standard InChI is InChI=1S/C8H11N/c1-2-8-4-3-6-9-7-5-8/h3-4,6-7H,2,5H2,1H3. The number of rotatable bonds is 1. The Kier molecular flexibility index (Phi) is 2.25. The molecule has 0 radical (unpaired) electrons. The molecule has 1 aliphatic heterocycles. The number of aliphatic imine (C=N–C) groups is 1. The molecule has 0 spiro atoms. The molecule has 0 N–H and O–H groups in total. The lowest BCUT2D eigenvalue weighted by Crippen LogP contribution is -1.79. The van der Waals surface area contributed by atoms with Crippen molar-refractivity contribution >= 4 is 6.21 Å². The number of hydrogen-bond donors (Lipinski definition) is 0. The summed E-state index contributed by atoms with van der Waals surface area (Å²) in [6.07, 6.45) is 10.0. The first-order chi connectivity index (χ1) is 4.43. The number of hydrogen-bond acceptors (Lipinski definition) is 1. The van der Waals surface area contributed by atoms with Crippen molar-refractivity contribution in [2.24, 2.45) is 4.99 Å². The third kappa shape index (κ3) is 1.84. The minimum atomic E-state index is 1.02. The Labute approximate surface area is 55.8 Å². The molecule has 1 heteroatoms. The van der Waals surface area contributed by atoms with Crippen LogP contribution in [-0.4, -0.2) is 6.21 Å². The second kappa shape index (κ2) is 3.23. The van der Waals surface area contributed by atoms with Gasteiger partial charge in [0.2, 0.25) is 0 Å². The molecule has 0 bridgehead atoms. The van der Waals surface area contributed by atoms with E-state index in [1.54, 1.807) is 0 Å². The van der Waals surface area contributed by atoms with Crippen LogP contribution in [0.4, 0.5) is 0 Å². The van der Waals surface area contributed by atoms with Crippen molar-refractivity contribution < 1.29 is 0 Å². The van der Waals surface area contributed by atoms with Crippen LogP contribution in [0.5, 0.6) is 0 Å². The van der Waals surface area contributed by atoms with E-state index in [0.717, 1.165) is 12.8 Å². The summed E-state index contributed by atoms with van der Waals surface area (Å²) >= 11 is 0. The van der Waals surface area contributed by atoms with Crippen LogP contribution in [0.3, 0.4) is 0 Å². The van der Waals surface area contributed by atoms with E-state index in [0.29, 0.717) is 0 Å². The molecule has 1 nitrogen and oxygen atoms in total. The second-order valence-corrected chi connectivity index (χ2v) is 2.06. The van der Waals surface area contributed by atoms with E-state index in [-0.39, 0.29) is 0 Å². The van der Waals surface area contributed by atoms with E-state index in [9.17, 15) is 0 Å². The van der Waals surface area contributed by atoms with Crippen LogP contribution in [-0.2, 0) is 0 Å². The van der Waals surface area contributed by atoms with Crippen LogP contribution in [0.15, 0.2) is 28.9 Å². The van der Waals surface area contributed by atoms with E-state index in [2.05, 4.69) is 18.0 Å². The summed E-state index contributed by atoms with van der Waals surface area (Å²) in [6, 6.07) is 0. The molecule has 0 aromatic carbocycles. The van der Waals surface area contributed by atoms with Crippen molar-refractivity contribution in [3.05, 3.63) is 23.9 Å². The zero-order valence-corrected chi connectivity index (χ0v) is 5.67. The molecule has 9 heavy (non-hydrogen) atoms. The lowest BCUT2D eigenvalue weighted by atomic mass is 10.1. The highest BCUT2D eigenvalue weighted by Crippen LogP contribution is 2.06. The van der Waals surface area contributed by atoms with Crippen molar-refractivity contribution in [1.29, 1.82) is 0 Å². The average molecular weight is 121 g/mol. The molecule has 0 fully saturated rings. The first kappa shape index (κ1) is 6.27. The highest BCUT2D eigenvalue weighted by atomic mass is 14.7. The van der Waals surface area contributed by atoms with Crippen LogP contribution >= 0.6 is 0 Å². The van der Waals surface area contributed by atoms with Crippen LogP contribution in [0, 0.1) is 0 Å². The van der Waals surface area contributed by atoms with Crippen LogP contribution in [0.25, 0.3) is 0 Å². The zero-order chi connectivity index (χ0) is 6.53. The molecular weight excluding hydrogens is 110 g/mol. The van der Waals surface area contributed by atoms with Gasteiger partial charge in [0.15, 0.2) is 0 Å². The molecule has 0 amide bonds. The maximum Gasteiger partial charge on any atom is 0.0263 e. The molecule has 48 valence electrons. The molecule has 1 rings (SSSR count). The molecule has 0 aromatic rings. The Morgan fingerprint density at radius 2 is 2.56 bits per heavy atom. The Hall–Kier alpha value is -0.850. The van der Waals surface area contributed by atoms with Gasteiger partial charge in [0.25, 0.3) is 0 Å². The largest absolute Gasteiger partial charge is 0.269 e. The van der Waals surface area contributed by atoms with Gasteiger partial charge in [-0.05, 0) is 12.5 Å². The maximum atomic E-state index is 4.01. The summed E-state index contributed by atoms with van der Waals surface area (Å²) in [4.78, 5) is 4.01. The van der Waals surface area contributed by atoms with Crippen molar-refractivity contribution in [3.63, 3.8) is 0 Å². The topological polar surface area (TPSA) is 12.4 Å². The van der Waals surface area contributed by atoms with Gasteiger partial charge in [0.05, 0.1) is 0 Å². The summed E-state index contributed by atoms with van der Waals surface area (Å²) in [5, 5.41) is 0. The van der Waals surface area contributed by atoms with E-state index in [1.807, 2.05) is 18.5 Å². The molecule has 0 aliphatic carbocycles. The molecule has 0 saturated heterocycles. The van der Waals surface area contributed by atoms with Gasteiger partial charge in [0, 0.05) is 18.8 Å². The summed E-state index contributed by atoms with van der Waals surface area (Å²) in [5.74, 6) is 0. The predicted molar refractivity (Wildman–Crippen MR) is 40.6 cm³/mol. The zero-order valence-electron chi connectivity index (χ0n) is 5.67. The fourth-order valence-electron chi connectivity index (χ4n) is 0.790. The fourth-order valence-corrected chi connectivity index (χ4v) is 0.790. The van der Waals surface area contributed by atoms with E-state index >= 15 is 0 Å². The van der Waals surface area contributed by atoms with Gasteiger partial charge < -0.3 is 0 Å². The average Bonchev–Trinajstić information content (AvgIpc) is 2.13. The lowest BCUT2D eigenvalue weighted by molar-refractivity contribution is 1.06. The van der Waals surface area contributed by atoms with Gasteiger partial charge in [-0.15, -0.1) is 0 Å².